The van der Waals surface area contributed by atoms with E-state index < -0.39 is 0 Å². The summed E-state index contributed by atoms with van der Waals surface area (Å²) in [5.74, 6) is -0.187. The Bertz CT molecular complexity index is 919. The van der Waals surface area contributed by atoms with Crippen molar-refractivity contribution in [3.05, 3.63) is 64.3 Å². The van der Waals surface area contributed by atoms with Gasteiger partial charge in [0.25, 0.3) is 0 Å². The predicted octanol–water partition coefficient (Wildman–Crippen LogP) is 4.66. The van der Waals surface area contributed by atoms with Crippen LogP contribution in [0.25, 0.3) is 11.3 Å². The van der Waals surface area contributed by atoms with Gasteiger partial charge in [0.2, 0.25) is 0 Å². The van der Waals surface area contributed by atoms with Crippen molar-refractivity contribution in [3.63, 3.8) is 0 Å². The van der Waals surface area contributed by atoms with E-state index in [0.717, 1.165) is 28.8 Å². The van der Waals surface area contributed by atoms with Crippen LogP contribution in [0.15, 0.2) is 42.6 Å². The summed E-state index contributed by atoms with van der Waals surface area (Å²) in [5.41, 5.74) is 5.07. The lowest BCUT2D eigenvalue weighted by Gasteiger charge is -2.15. The Morgan fingerprint density at radius 3 is 2.69 bits per heavy atom. The van der Waals surface area contributed by atoms with Crippen molar-refractivity contribution in [3.8, 4) is 17.0 Å². The number of anilines is 1. The lowest BCUT2D eigenvalue weighted by atomic mass is 9.98. The first-order chi connectivity index (χ1) is 12.5. The second-order valence-electron chi connectivity index (χ2n) is 6.23. The van der Waals surface area contributed by atoms with Crippen molar-refractivity contribution in [2.75, 3.05) is 5.32 Å². The van der Waals surface area contributed by atoms with E-state index in [1.807, 2.05) is 37.3 Å². The van der Waals surface area contributed by atoms with E-state index in [4.69, 9.17) is 11.6 Å². The molecule has 0 spiro atoms. The summed E-state index contributed by atoms with van der Waals surface area (Å²) in [7, 11) is 0. The van der Waals surface area contributed by atoms with Crippen molar-refractivity contribution in [2.45, 2.75) is 26.3 Å². The third kappa shape index (κ3) is 3.58. The number of phenols is 1. The zero-order chi connectivity index (χ0) is 18.7. The molecule has 3 N–H and O–H groups in total. The van der Waals surface area contributed by atoms with E-state index in [1.54, 1.807) is 19.2 Å². The van der Waals surface area contributed by atoms with E-state index in [1.165, 1.54) is 0 Å². The van der Waals surface area contributed by atoms with Gasteiger partial charge in [0.05, 0.1) is 11.9 Å². The summed E-state index contributed by atoms with van der Waals surface area (Å²) in [5, 5.41) is 21.5. The number of nitrogens with zero attached hydrogens (tertiary/aromatic N) is 1. The number of hydrogen-bond acceptors (Lipinski definition) is 4. The molecule has 0 saturated heterocycles. The largest absolute Gasteiger partial charge is 0.507 e. The fraction of sp³-hybridized carbons (Fsp3) is 0.200. The zero-order valence-electron chi connectivity index (χ0n) is 14.6. The van der Waals surface area contributed by atoms with Gasteiger partial charge in [-0.05, 0) is 30.7 Å². The molecule has 3 rings (SSSR count). The Labute approximate surface area is 157 Å². The highest BCUT2D eigenvalue weighted by Gasteiger charge is 2.14. The standard InChI is InChI=1S/C20H20ClN3O2/c1-12(11-25)17-7-8-18(13(2)20(17)26)22-9-15-10-23-24-19(15)14-3-5-16(21)6-4-14/h3-8,10-12,22,26H,9H2,1-2H3,(H,23,24). The second kappa shape index (κ2) is 7.62. The molecule has 0 aliphatic carbocycles. The highest BCUT2D eigenvalue weighted by molar-refractivity contribution is 6.30. The number of aldehydes is 1. The van der Waals surface area contributed by atoms with Crippen molar-refractivity contribution in [2.24, 2.45) is 0 Å². The number of carbonyl (C=O) groups is 1. The zero-order valence-corrected chi connectivity index (χ0v) is 15.3. The maximum atomic E-state index is 11.0. The quantitative estimate of drug-likeness (QED) is 0.552. The van der Waals surface area contributed by atoms with Crippen LogP contribution in [0.2, 0.25) is 5.02 Å². The number of aromatic amines is 1. The first-order valence-electron chi connectivity index (χ1n) is 8.31. The topological polar surface area (TPSA) is 78.0 Å². The van der Waals surface area contributed by atoms with Gasteiger partial charge in [-0.15, -0.1) is 0 Å². The van der Waals surface area contributed by atoms with Crippen molar-refractivity contribution >= 4 is 23.6 Å². The Morgan fingerprint density at radius 2 is 2.00 bits per heavy atom. The van der Waals surface area contributed by atoms with Gasteiger partial charge in [-0.3, -0.25) is 5.10 Å². The summed E-state index contributed by atoms with van der Waals surface area (Å²) in [6.45, 7) is 4.13. The van der Waals surface area contributed by atoms with Gasteiger partial charge in [-0.1, -0.05) is 36.7 Å². The van der Waals surface area contributed by atoms with Crippen LogP contribution < -0.4 is 5.32 Å². The first-order valence-corrected chi connectivity index (χ1v) is 8.69. The Kier molecular flexibility index (Phi) is 5.28. The molecule has 0 bridgehead atoms. The minimum atomic E-state index is -0.340. The summed E-state index contributed by atoms with van der Waals surface area (Å²) < 4.78 is 0. The minimum Gasteiger partial charge on any atom is -0.507 e. The number of rotatable bonds is 6. The van der Waals surface area contributed by atoms with Gasteiger partial charge in [-0.25, -0.2) is 0 Å². The molecule has 0 fully saturated rings. The predicted molar refractivity (Wildman–Crippen MR) is 104 cm³/mol. The molecule has 1 atom stereocenters. The highest BCUT2D eigenvalue weighted by atomic mass is 35.5. The van der Waals surface area contributed by atoms with Crippen LogP contribution in [0.4, 0.5) is 5.69 Å². The van der Waals surface area contributed by atoms with Crippen LogP contribution in [-0.2, 0) is 11.3 Å². The molecule has 1 aromatic heterocycles. The number of halogens is 1. The van der Waals surface area contributed by atoms with Crippen LogP contribution in [-0.4, -0.2) is 21.6 Å². The number of carbonyl (C=O) groups excluding carboxylic acids is 1. The number of benzene rings is 2. The molecule has 134 valence electrons. The van der Waals surface area contributed by atoms with Crippen LogP contribution in [0.1, 0.15) is 29.5 Å². The van der Waals surface area contributed by atoms with Crippen LogP contribution in [0.3, 0.4) is 0 Å². The molecular weight excluding hydrogens is 350 g/mol. The van der Waals surface area contributed by atoms with Gasteiger partial charge in [0.15, 0.2) is 0 Å². The van der Waals surface area contributed by atoms with Crippen LogP contribution >= 0.6 is 11.6 Å². The number of H-pyrrole nitrogens is 1. The SMILES string of the molecule is Cc1c(NCc2cn[nH]c2-c2ccc(Cl)cc2)ccc(C(C)C=O)c1O. The van der Waals surface area contributed by atoms with Crippen molar-refractivity contribution in [1.29, 1.82) is 0 Å². The third-order valence-electron chi connectivity index (χ3n) is 4.48. The molecule has 1 unspecified atom stereocenters. The number of aromatic hydroxyl groups is 1. The molecule has 26 heavy (non-hydrogen) atoms. The summed E-state index contributed by atoms with van der Waals surface area (Å²) in [4.78, 5) is 11.0. The number of hydrogen-bond donors (Lipinski definition) is 3. The summed E-state index contributed by atoms with van der Waals surface area (Å²) >= 11 is 5.95. The lowest BCUT2D eigenvalue weighted by Crippen LogP contribution is -2.04. The van der Waals surface area contributed by atoms with E-state index in [-0.39, 0.29) is 11.7 Å². The number of nitrogens with one attached hydrogen (secondary N) is 2. The Hall–Kier alpha value is -2.79. The smallest absolute Gasteiger partial charge is 0.127 e. The van der Waals surface area contributed by atoms with Crippen LogP contribution in [0.5, 0.6) is 5.75 Å². The molecule has 0 aliphatic heterocycles. The lowest BCUT2D eigenvalue weighted by molar-refractivity contribution is -0.108. The molecular formula is C20H20ClN3O2. The summed E-state index contributed by atoms with van der Waals surface area (Å²) in [6.07, 6.45) is 2.60. The molecule has 1 heterocycles. The van der Waals surface area contributed by atoms with Crippen LogP contribution in [0, 0.1) is 6.92 Å². The van der Waals surface area contributed by atoms with Gasteiger partial charge >= 0.3 is 0 Å². The fourth-order valence-corrected chi connectivity index (χ4v) is 2.98. The van der Waals surface area contributed by atoms with E-state index in [2.05, 4.69) is 15.5 Å². The molecule has 6 heteroatoms. The second-order valence-corrected chi connectivity index (χ2v) is 6.67. The number of phenolic OH excluding ortho intramolecular Hbond substituents is 1. The third-order valence-corrected chi connectivity index (χ3v) is 4.73. The monoisotopic (exact) mass is 369 g/mol. The van der Waals surface area contributed by atoms with Crippen molar-refractivity contribution in [1.82, 2.24) is 10.2 Å². The van der Waals surface area contributed by atoms with Gasteiger partial charge in [0.1, 0.15) is 12.0 Å². The Balaban J connectivity index is 1.80. The average Bonchev–Trinajstić information content (AvgIpc) is 3.11. The maximum Gasteiger partial charge on any atom is 0.127 e. The molecule has 0 saturated carbocycles. The minimum absolute atomic E-state index is 0.153. The fourth-order valence-electron chi connectivity index (χ4n) is 2.86. The molecule has 0 amide bonds. The van der Waals surface area contributed by atoms with Gasteiger partial charge in [0, 0.05) is 39.9 Å². The molecule has 0 aliphatic rings. The van der Waals surface area contributed by atoms with E-state index in [9.17, 15) is 9.90 Å². The molecule has 2 aromatic carbocycles. The maximum absolute atomic E-state index is 11.0. The molecule has 5 nitrogen and oxygen atoms in total. The molecule has 0 radical (unpaired) electrons. The van der Waals surface area contributed by atoms with E-state index >= 15 is 0 Å². The van der Waals surface area contributed by atoms with E-state index in [0.29, 0.717) is 22.7 Å². The molecule has 3 aromatic rings. The summed E-state index contributed by atoms with van der Waals surface area (Å²) in [6, 6.07) is 11.2. The number of aromatic nitrogens is 2. The average molecular weight is 370 g/mol. The van der Waals surface area contributed by atoms with Crippen molar-refractivity contribution < 1.29 is 9.90 Å². The normalized spacial score (nSPS) is 12.0. The highest BCUT2D eigenvalue weighted by Crippen LogP contribution is 2.33. The van der Waals surface area contributed by atoms with Gasteiger partial charge in [-0.2, -0.15) is 5.10 Å². The van der Waals surface area contributed by atoms with Gasteiger partial charge < -0.3 is 15.2 Å². The first kappa shape index (κ1) is 18.0. The Morgan fingerprint density at radius 1 is 1.27 bits per heavy atom.